The fourth-order valence-corrected chi connectivity index (χ4v) is 7.73. The lowest BCUT2D eigenvalue weighted by molar-refractivity contribution is 1.23. The van der Waals surface area contributed by atoms with E-state index in [1.807, 2.05) is 30.5 Å². The second kappa shape index (κ2) is 13.4. The zero-order valence-electron chi connectivity index (χ0n) is 29.4. The molecule has 10 aromatic rings. The number of pyridine rings is 1. The van der Waals surface area contributed by atoms with Gasteiger partial charge in [-0.2, -0.15) is 0 Å². The SMILES string of the molecule is c1ccc(-c2ccc3c(-c4ccccc4)nc(-c4cc(-c5ccccc5-c5ccccn5)cc(-c5cc6ccccc6c6ccccc56)c4)nc3c2)cc1. The number of hydrogen-bond acceptors (Lipinski definition) is 3. The highest BCUT2D eigenvalue weighted by molar-refractivity contribution is 6.14. The monoisotopic (exact) mass is 687 g/mol. The van der Waals surface area contributed by atoms with E-state index in [2.05, 4.69) is 170 Å². The number of aromatic nitrogens is 3. The van der Waals surface area contributed by atoms with E-state index in [9.17, 15) is 0 Å². The van der Waals surface area contributed by atoms with Crippen molar-refractivity contribution >= 4 is 32.4 Å². The van der Waals surface area contributed by atoms with Gasteiger partial charge >= 0.3 is 0 Å². The van der Waals surface area contributed by atoms with Gasteiger partial charge in [0.25, 0.3) is 0 Å². The fourth-order valence-electron chi connectivity index (χ4n) is 7.73. The Hall–Kier alpha value is -7.23. The van der Waals surface area contributed by atoms with Gasteiger partial charge in [-0.1, -0.05) is 146 Å². The highest BCUT2D eigenvalue weighted by Crippen LogP contribution is 2.41. The standard InChI is InChI=1S/C51H33N3/c1-3-15-34(16-4-1)36-26-27-46-49(33-36)53-51(54-50(46)35-17-5-2-6-18-35)40-30-38(42-21-9-12-24-45(42)48-25-13-14-28-52-48)29-39(31-40)47-32-37-19-7-8-20-41(37)43-22-10-11-23-44(43)47/h1-33H. The highest BCUT2D eigenvalue weighted by Gasteiger charge is 2.18. The summed E-state index contributed by atoms with van der Waals surface area (Å²) in [5.41, 5.74) is 12.5. The lowest BCUT2D eigenvalue weighted by Gasteiger charge is -2.16. The van der Waals surface area contributed by atoms with Gasteiger partial charge in [0.15, 0.2) is 5.82 Å². The largest absolute Gasteiger partial charge is 0.256 e. The third kappa shape index (κ3) is 5.69. The minimum atomic E-state index is 0.676. The van der Waals surface area contributed by atoms with Crippen LogP contribution in [0.5, 0.6) is 0 Å². The summed E-state index contributed by atoms with van der Waals surface area (Å²) in [5, 5.41) is 5.89. The Morgan fingerprint density at radius 1 is 0.315 bits per heavy atom. The smallest absolute Gasteiger partial charge is 0.160 e. The molecule has 0 unspecified atom stereocenters. The van der Waals surface area contributed by atoms with Crippen molar-refractivity contribution in [2.45, 2.75) is 0 Å². The third-order valence-electron chi connectivity index (χ3n) is 10.3. The third-order valence-corrected chi connectivity index (χ3v) is 10.3. The molecule has 0 amide bonds. The van der Waals surface area contributed by atoms with Gasteiger partial charge in [-0.3, -0.25) is 4.98 Å². The molecule has 3 heteroatoms. The van der Waals surface area contributed by atoms with Crippen LogP contribution in [-0.4, -0.2) is 15.0 Å². The minimum Gasteiger partial charge on any atom is -0.256 e. The maximum Gasteiger partial charge on any atom is 0.160 e. The Morgan fingerprint density at radius 2 is 0.944 bits per heavy atom. The van der Waals surface area contributed by atoms with E-state index in [0.717, 1.165) is 72.4 Å². The molecule has 0 saturated heterocycles. The second-order valence-corrected chi connectivity index (χ2v) is 13.6. The first kappa shape index (κ1) is 31.5. The molecule has 54 heavy (non-hydrogen) atoms. The number of hydrogen-bond donors (Lipinski definition) is 0. The molecule has 0 fully saturated rings. The summed E-state index contributed by atoms with van der Waals surface area (Å²) in [6, 6.07) is 68.6. The van der Waals surface area contributed by atoms with Crippen molar-refractivity contribution in [3.05, 3.63) is 200 Å². The van der Waals surface area contributed by atoms with E-state index in [0.29, 0.717) is 5.82 Å². The number of benzene rings is 8. The highest BCUT2D eigenvalue weighted by atomic mass is 14.9. The van der Waals surface area contributed by atoms with Crippen molar-refractivity contribution in [1.82, 2.24) is 15.0 Å². The molecular formula is C51H33N3. The molecule has 0 aliphatic carbocycles. The summed E-state index contributed by atoms with van der Waals surface area (Å²) in [6.45, 7) is 0. The number of rotatable bonds is 6. The van der Waals surface area contributed by atoms with Crippen LogP contribution in [0.15, 0.2) is 200 Å². The first-order valence-electron chi connectivity index (χ1n) is 18.3. The molecule has 2 heterocycles. The summed E-state index contributed by atoms with van der Waals surface area (Å²) in [7, 11) is 0. The zero-order chi connectivity index (χ0) is 35.8. The molecule has 0 aliphatic heterocycles. The predicted molar refractivity (Wildman–Crippen MR) is 225 cm³/mol. The van der Waals surface area contributed by atoms with Gasteiger partial charge < -0.3 is 0 Å². The van der Waals surface area contributed by atoms with E-state index < -0.39 is 0 Å². The molecule has 0 spiro atoms. The van der Waals surface area contributed by atoms with E-state index >= 15 is 0 Å². The quantitative estimate of drug-likeness (QED) is 0.163. The summed E-state index contributed by atoms with van der Waals surface area (Å²) < 4.78 is 0. The van der Waals surface area contributed by atoms with Crippen LogP contribution in [0.4, 0.5) is 0 Å². The molecule has 8 aromatic carbocycles. The van der Waals surface area contributed by atoms with Crippen molar-refractivity contribution in [1.29, 1.82) is 0 Å². The average Bonchev–Trinajstić information content (AvgIpc) is 3.26. The van der Waals surface area contributed by atoms with Crippen LogP contribution in [0.3, 0.4) is 0 Å². The summed E-state index contributed by atoms with van der Waals surface area (Å²) in [6.07, 6.45) is 1.85. The van der Waals surface area contributed by atoms with Gasteiger partial charge in [0.2, 0.25) is 0 Å². The molecule has 0 radical (unpaired) electrons. The molecule has 10 rings (SSSR count). The van der Waals surface area contributed by atoms with Gasteiger partial charge in [-0.15, -0.1) is 0 Å². The molecule has 252 valence electrons. The van der Waals surface area contributed by atoms with Crippen molar-refractivity contribution in [3.63, 3.8) is 0 Å². The van der Waals surface area contributed by atoms with Crippen molar-refractivity contribution in [3.8, 4) is 67.3 Å². The minimum absolute atomic E-state index is 0.676. The Bertz CT molecular complexity index is 2970. The van der Waals surface area contributed by atoms with Crippen LogP contribution in [0, 0.1) is 0 Å². The predicted octanol–water partition coefficient (Wildman–Crippen LogP) is 13.3. The zero-order valence-corrected chi connectivity index (χ0v) is 29.4. The molecule has 0 N–H and O–H groups in total. The van der Waals surface area contributed by atoms with Gasteiger partial charge in [0.05, 0.1) is 16.9 Å². The van der Waals surface area contributed by atoms with E-state index in [1.165, 1.54) is 21.5 Å². The van der Waals surface area contributed by atoms with Gasteiger partial charge in [0, 0.05) is 28.3 Å². The molecule has 0 saturated carbocycles. The fraction of sp³-hybridized carbons (Fsp3) is 0. The number of nitrogens with zero attached hydrogens (tertiary/aromatic N) is 3. The molecule has 3 nitrogen and oxygen atoms in total. The van der Waals surface area contributed by atoms with E-state index in [4.69, 9.17) is 15.0 Å². The van der Waals surface area contributed by atoms with Crippen LogP contribution in [0.2, 0.25) is 0 Å². The molecule has 0 atom stereocenters. The van der Waals surface area contributed by atoms with Crippen LogP contribution >= 0.6 is 0 Å². The van der Waals surface area contributed by atoms with Crippen molar-refractivity contribution in [2.24, 2.45) is 0 Å². The Kier molecular flexibility index (Phi) is 7.81. The van der Waals surface area contributed by atoms with Crippen LogP contribution < -0.4 is 0 Å². The molecule has 0 bridgehead atoms. The van der Waals surface area contributed by atoms with Crippen LogP contribution in [-0.2, 0) is 0 Å². The summed E-state index contributed by atoms with van der Waals surface area (Å²) in [4.78, 5) is 15.5. The van der Waals surface area contributed by atoms with Gasteiger partial charge in [0.1, 0.15) is 0 Å². The summed E-state index contributed by atoms with van der Waals surface area (Å²) in [5.74, 6) is 0.676. The maximum absolute atomic E-state index is 5.38. The first-order chi connectivity index (χ1) is 26.8. The normalized spacial score (nSPS) is 11.3. The Morgan fingerprint density at radius 3 is 1.72 bits per heavy atom. The topological polar surface area (TPSA) is 38.7 Å². The van der Waals surface area contributed by atoms with Gasteiger partial charge in [-0.25, -0.2) is 9.97 Å². The maximum atomic E-state index is 5.38. The molecule has 2 aromatic heterocycles. The van der Waals surface area contributed by atoms with Crippen LogP contribution in [0.25, 0.3) is 99.7 Å². The van der Waals surface area contributed by atoms with E-state index in [1.54, 1.807) is 0 Å². The summed E-state index contributed by atoms with van der Waals surface area (Å²) >= 11 is 0. The lowest BCUT2D eigenvalue weighted by Crippen LogP contribution is -1.97. The van der Waals surface area contributed by atoms with Crippen LogP contribution in [0.1, 0.15) is 0 Å². The molecular weight excluding hydrogens is 655 g/mol. The average molecular weight is 688 g/mol. The Balaban J connectivity index is 1.27. The second-order valence-electron chi connectivity index (χ2n) is 13.6. The lowest BCUT2D eigenvalue weighted by atomic mass is 9.89. The van der Waals surface area contributed by atoms with E-state index in [-0.39, 0.29) is 0 Å². The Labute approximate surface area is 313 Å². The number of fused-ring (bicyclic) bond motifs is 4. The molecule has 0 aliphatic rings. The van der Waals surface area contributed by atoms with Crippen molar-refractivity contribution < 1.29 is 0 Å². The first-order valence-corrected chi connectivity index (χ1v) is 18.3. The van der Waals surface area contributed by atoms with Gasteiger partial charge in [-0.05, 0) is 103 Å². The van der Waals surface area contributed by atoms with Crippen molar-refractivity contribution in [2.75, 3.05) is 0 Å².